The van der Waals surface area contributed by atoms with E-state index in [0.717, 1.165) is 35.5 Å². The minimum Gasteiger partial charge on any atom is -0.461 e. The van der Waals surface area contributed by atoms with Gasteiger partial charge in [-0.15, -0.1) is 0 Å². The summed E-state index contributed by atoms with van der Waals surface area (Å²) in [4.78, 5) is 0. The van der Waals surface area contributed by atoms with Gasteiger partial charge in [0, 0.05) is 23.6 Å². The topological polar surface area (TPSA) is 26.3 Å². The first-order valence-electron chi connectivity index (χ1n) is 23.0. The highest BCUT2D eigenvalue weighted by Crippen LogP contribution is 2.37. The highest BCUT2D eigenvalue weighted by atomic mass is 16.3. The fraction of sp³-hybridized carbons (Fsp3) is 0.577. The van der Waals surface area contributed by atoms with Gasteiger partial charge in [-0.1, -0.05) is 192 Å². The molecule has 0 atom stereocenters. The number of hydrogen-bond acceptors (Lipinski definition) is 2. The first-order chi connectivity index (χ1) is 26.7. The number of fused-ring (bicyclic) bond motifs is 7. The maximum absolute atomic E-state index is 6.38. The molecule has 54 heavy (non-hydrogen) atoms. The van der Waals surface area contributed by atoms with Gasteiger partial charge in [0.1, 0.15) is 22.7 Å². The van der Waals surface area contributed by atoms with Crippen LogP contribution in [0.5, 0.6) is 0 Å². The van der Waals surface area contributed by atoms with Crippen LogP contribution in [-0.2, 0) is 12.8 Å². The van der Waals surface area contributed by atoms with Gasteiger partial charge in [0.05, 0.1) is 0 Å². The summed E-state index contributed by atoms with van der Waals surface area (Å²) in [5.41, 5.74) is 2.03. The van der Waals surface area contributed by atoms with E-state index in [1.807, 2.05) is 0 Å². The molecule has 0 saturated heterocycles. The lowest BCUT2D eigenvalue weighted by atomic mass is 9.95. The van der Waals surface area contributed by atoms with Crippen molar-refractivity contribution in [3.8, 4) is 0 Å². The van der Waals surface area contributed by atoms with E-state index in [1.54, 1.807) is 0 Å². The molecule has 2 nitrogen and oxygen atoms in total. The molecule has 6 rings (SSSR count). The summed E-state index contributed by atoms with van der Waals surface area (Å²) in [6, 6.07) is 23.0. The Kier molecular flexibility index (Phi) is 16.7. The number of unbranched alkanes of at least 4 members (excludes halogenated alkanes) is 24. The van der Waals surface area contributed by atoms with E-state index in [0.29, 0.717) is 0 Å². The standard InChI is InChI=1S/C52H72O2/c1-3-5-7-9-11-13-15-17-19-21-23-25-27-29-45-35-43-37-49-41(39-51(43)53-45)31-33-48-47(49)34-32-42-40-52-44(38-50(42)48)36-46(54-52)30-28-26-24-22-20-18-16-14-12-10-8-6-4-2/h31-40H,3-30H2,1-2H3. The molecule has 0 aliphatic carbocycles. The van der Waals surface area contributed by atoms with Gasteiger partial charge >= 0.3 is 0 Å². The molecule has 4 aromatic carbocycles. The molecule has 0 fully saturated rings. The SMILES string of the molecule is CCCCCCCCCCCCCCCc1cc2cc3c(ccc4c5cc6cc(CCCCCCCCCCCCCCC)oc6cc5ccc34)cc2o1. The molecule has 0 aliphatic rings. The zero-order valence-corrected chi connectivity index (χ0v) is 34.4. The van der Waals surface area contributed by atoms with Crippen molar-refractivity contribution >= 4 is 54.3 Å². The summed E-state index contributed by atoms with van der Waals surface area (Å²) < 4.78 is 12.8. The van der Waals surface area contributed by atoms with Gasteiger partial charge < -0.3 is 8.83 Å². The van der Waals surface area contributed by atoms with Crippen molar-refractivity contribution in [3.63, 3.8) is 0 Å². The van der Waals surface area contributed by atoms with Crippen LogP contribution in [0, 0.1) is 0 Å². The highest BCUT2D eigenvalue weighted by molar-refractivity contribution is 6.20. The van der Waals surface area contributed by atoms with Crippen molar-refractivity contribution in [1.29, 1.82) is 0 Å². The summed E-state index contributed by atoms with van der Waals surface area (Å²) in [6.45, 7) is 4.60. The monoisotopic (exact) mass is 729 g/mol. The van der Waals surface area contributed by atoms with Crippen LogP contribution in [-0.4, -0.2) is 0 Å². The first kappa shape index (κ1) is 40.4. The van der Waals surface area contributed by atoms with Crippen LogP contribution in [0.3, 0.4) is 0 Å². The first-order valence-corrected chi connectivity index (χ1v) is 23.0. The Hall–Kier alpha value is -3.26. The molecule has 2 heteroatoms. The van der Waals surface area contributed by atoms with Gasteiger partial charge in [-0.3, -0.25) is 0 Å². The minimum atomic E-state index is 1.02. The van der Waals surface area contributed by atoms with E-state index in [1.165, 1.54) is 210 Å². The molecule has 0 unspecified atom stereocenters. The van der Waals surface area contributed by atoms with Gasteiger partial charge in [0.2, 0.25) is 0 Å². The van der Waals surface area contributed by atoms with E-state index in [4.69, 9.17) is 8.83 Å². The van der Waals surface area contributed by atoms with Gasteiger partial charge in [-0.2, -0.15) is 0 Å². The van der Waals surface area contributed by atoms with E-state index in [2.05, 4.69) is 74.5 Å². The maximum atomic E-state index is 6.38. The normalized spacial score (nSPS) is 12.1. The molecular weight excluding hydrogens is 657 g/mol. The van der Waals surface area contributed by atoms with Crippen LogP contribution >= 0.6 is 0 Å². The summed E-state index contributed by atoms with van der Waals surface area (Å²) in [7, 11) is 0. The molecule has 0 radical (unpaired) electrons. The third kappa shape index (κ3) is 11.9. The molecule has 2 heterocycles. The van der Waals surface area contributed by atoms with Gasteiger partial charge in [-0.05, 0) is 81.6 Å². The minimum absolute atomic E-state index is 1.02. The molecule has 0 spiro atoms. The lowest BCUT2D eigenvalue weighted by Gasteiger charge is -2.08. The Morgan fingerprint density at radius 1 is 0.296 bits per heavy atom. The molecule has 0 bridgehead atoms. The third-order valence-electron chi connectivity index (χ3n) is 12.3. The molecule has 0 amide bonds. The van der Waals surface area contributed by atoms with E-state index >= 15 is 0 Å². The van der Waals surface area contributed by atoms with Crippen LogP contribution in [0.25, 0.3) is 54.3 Å². The number of hydrogen-bond donors (Lipinski definition) is 0. The molecule has 6 aromatic rings. The average Bonchev–Trinajstić information content (AvgIpc) is 3.78. The molecular formula is C52H72O2. The molecule has 0 N–H and O–H groups in total. The van der Waals surface area contributed by atoms with Crippen LogP contribution < -0.4 is 0 Å². The van der Waals surface area contributed by atoms with E-state index < -0.39 is 0 Å². The van der Waals surface area contributed by atoms with E-state index in [9.17, 15) is 0 Å². The fourth-order valence-corrected chi connectivity index (χ4v) is 8.93. The van der Waals surface area contributed by atoms with Crippen molar-refractivity contribution in [2.24, 2.45) is 0 Å². The Labute approximate surface area is 327 Å². The predicted octanol–water partition coefficient (Wildman–Crippen LogP) is 17.9. The quantitative estimate of drug-likeness (QED) is 0.0371. The van der Waals surface area contributed by atoms with Crippen molar-refractivity contribution in [2.75, 3.05) is 0 Å². The second kappa shape index (κ2) is 22.3. The van der Waals surface area contributed by atoms with Crippen molar-refractivity contribution in [3.05, 3.63) is 72.2 Å². The summed E-state index contributed by atoms with van der Waals surface area (Å²) in [6.07, 6.45) is 38.1. The smallest absolute Gasteiger partial charge is 0.134 e. The van der Waals surface area contributed by atoms with E-state index in [-0.39, 0.29) is 0 Å². The number of furan rings is 2. The highest BCUT2D eigenvalue weighted by Gasteiger charge is 2.12. The fourth-order valence-electron chi connectivity index (χ4n) is 8.93. The van der Waals surface area contributed by atoms with Crippen LogP contribution in [0.1, 0.15) is 192 Å². The lowest BCUT2D eigenvalue weighted by molar-refractivity contribution is 0.513. The Bertz CT molecular complexity index is 1830. The number of benzene rings is 4. The lowest BCUT2D eigenvalue weighted by Crippen LogP contribution is -1.85. The Morgan fingerprint density at radius 3 is 0.944 bits per heavy atom. The van der Waals surface area contributed by atoms with Crippen LogP contribution in [0.4, 0.5) is 0 Å². The Balaban J connectivity index is 0.968. The summed E-state index contributed by atoms with van der Waals surface area (Å²) >= 11 is 0. The van der Waals surface area contributed by atoms with Gasteiger partial charge in [0.15, 0.2) is 0 Å². The van der Waals surface area contributed by atoms with Crippen LogP contribution in [0.15, 0.2) is 69.5 Å². The zero-order valence-electron chi connectivity index (χ0n) is 34.4. The average molecular weight is 729 g/mol. The predicted molar refractivity (Wildman–Crippen MR) is 237 cm³/mol. The second-order valence-electron chi connectivity index (χ2n) is 16.9. The molecule has 0 saturated carbocycles. The number of aryl methyl sites for hydroxylation is 2. The number of rotatable bonds is 28. The second-order valence-corrected chi connectivity index (χ2v) is 16.9. The largest absolute Gasteiger partial charge is 0.461 e. The summed E-state index contributed by atoms with van der Waals surface area (Å²) in [5, 5.41) is 10.2. The van der Waals surface area contributed by atoms with Crippen molar-refractivity contribution in [1.82, 2.24) is 0 Å². The van der Waals surface area contributed by atoms with Crippen LogP contribution in [0.2, 0.25) is 0 Å². The van der Waals surface area contributed by atoms with Gasteiger partial charge in [-0.25, -0.2) is 0 Å². The van der Waals surface area contributed by atoms with Crippen molar-refractivity contribution in [2.45, 2.75) is 194 Å². The van der Waals surface area contributed by atoms with Crippen molar-refractivity contribution < 1.29 is 8.83 Å². The maximum Gasteiger partial charge on any atom is 0.134 e. The summed E-state index contributed by atoms with van der Waals surface area (Å²) in [5.74, 6) is 2.27. The molecule has 0 aliphatic heterocycles. The van der Waals surface area contributed by atoms with Gasteiger partial charge in [0.25, 0.3) is 0 Å². The molecule has 292 valence electrons. The Morgan fingerprint density at radius 2 is 0.611 bits per heavy atom. The third-order valence-corrected chi connectivity index (χ3v) is 12.3. The zero-order chi connectivity index (χ0) is 37.2. The molecule has 2 aromatic heterocycles.